The number of likely N-dealkylation sites (tertiary alicyclic amines) is 2. The fourth-order valence-electron chi connectivity index (χ4n) is 4.14. The lowest BCUT2D eigenvalue weighted by Gasteiger charge is -2.43. The van der Waals surface area contributed by atoms with E-state index in [0.29, 0.717) is 19.0 Å². The Kier molecular flexibility index (Phi) is 4.78. The smallest absolute Gasteiger partial charge is 0.219 e. The van der Waals surface area contributed by atoms with Crippen molar-refractivity contribution in [1.82, 2.24) is 9.80 Å². The van der Waals surface area contributed by atoms with Crippen LogP contribution in [0.1, 0.15) is 18.9 Å². The second-order valence-corrected chi connectivity index (χ2v) is 7.09. The van der Waals surface area contributed by atoms with Crippen LogP contribution in [0.3, 0.4) is 0 Å². The van der Waals surface area contributed by atoms with Crippen molar-refractivity contribution in [3.8, 4) is 5.75 Å². The number of hydrogen-bond donors (Lipinski definition) is 1. The van der Waals surface area contributed by atoms with Crippen molar-refractivity contribution < 1.29 is 19.0 Å². The number of rotatable bonds is 4. The first kappa shape index (κ1) is 17.2. The summed E-state index contributed by atoms with van der Waals surface area (Å²) in [6.07, 6.45) is 0.961. The SMILES string of the molecule is COc1cc(CN2CCC3CN(C(C)=O)CC3(CO)C2)ccc1F. The highest BCUT2D eigenvalue weighted by molar-refractivity contribution is 5.73. The summed E-state index contributed by atoms with van der Waals surface area (Å²) in [6, 6.07) is 4.92. The summed E-state index contributed by atoms with van der Waals surface area (Å²) in [5.41, 5.74) is 0.745. The number of carbonyl (C=O) groups is 1. The van der Waals surface area contributed by atoms with Crippen LogP contribution < -0.4 is 4.74 Å². The predicted molar refractivity (Wildman–Crippen MR) is 88.1 cm³/mol. The molecule has 2 saturated heterocycles. The quantitative estimate of drug-likeness (QED) is 0.905. The van der Waals surface area contributed by atoms with Crippen molar-refractivity contribution in [2.75, 3.05) is 39.9 Å². The molecule has 2 fully saturated rings. The van der Waals surface area contributed by atoms with Crippen molar-refractivity contribution in [3.05, 3.63) is 29.6 Å². The van der Waals surface area contributed by atoms with E-state index >= 15 is 0 Å². The summed E-state index contributed by atoms with van der Waals surface area (Å²) in [5, 5.41) is 10.0. The van der Waals surface area contributed by atoms with Crippen molar-refractivity contribution >= 4 is 5.91 Å². The molecule has 2 aliphatic heterocycles. The number of halogens is 1. The number of aliphatic hydroxyl groups is 1. The van der Waals surface area contributed by atoms with E-state index in [1.165, 1.54) is 13.2 Å². The maximum Gasteiger partial charge on any atom is 0.219 e. The molecular weight excluding hydrogens is 311 g/mol. The zero-order chi connectivity index (χ0) is 17.3. The van der Waals surface area contributed by atoms with Crippen LogP contribution in [0.5, 0.6) is 5.75 Å². The summed E-state index contributed by atoms with van der Waals surface area (Å²) < 4.78 is 18.6. The number of nitrogens with zero attached hydrogens (tertiary/aromatic N) is 2. The molecule has 5 nitrogen and oxygen atoms in total. The average molecular weight is 336 g/mol. The Morgan fingerprint density at radius 2 is 2.25 bits per heavy atom. The topological polar surface area (TPSA) is 53.0 Å². The van der Waals surface area contributed by atoms with Crippen LogP contribution in [0, 0.1) is 17.2 Å². The van der Waals surface area contributed by atoms with E-state index in [-0.39, 0.29) is 29.5 Å². The predicted octanol–water partition coefficient (Wildman–Crippen LogP) is 1.50. The van der Waals surface area contributed by atoms with Gasteiger partial charge in [0.2, 0.25) is 5.91 Å². The zero-order valence-corrected chi connectivity index (χ0v) is 14.3. The Hall–Kier alpha value is -1.66. The molecular formula is C18H25FN2O3. The lowest BCUT2D eigenvalue weighted by molar-refractivity contribution is -0.128. The number of hydrogen-bond acceptors (Lipinski definition) is 4. The summed E-state index contributed by atoms with van der Waals surface area (Å²) in [4.78, 5) is 15.8. The molecule has 1 aromatic carbocycles. The molecule has 0 radical (unpaired) electrons. The van der Waals surface area contributed by atoms with Crippen molar-refractivity contribution in [2.45, 2.75) is 19.9 Å². The van der Waals surface area contributed by atoms with Gasteiger partial charge in [-0.25, -0.2) is 4.39 Å². The van der Waals surface area contributed by atoms with Crippen molar-refractivity contribution in [1.29, 1.82) is 0 Å². The molecule has 2 unspecified atom stereocenters. The molecule has 1 amide bonds. The van der Waals surface area contributed by atoms with Crippen LogP contribution in [-0.2, 0) is 11.3 Å². The van der Waals surface area contributed by atoms with Crippen molar-refractivity contribution in [3.63, 3.8) is 0 Å². The number of methoxy groups -OCH3 is 1. The van der Waals surface area contributed by atoms with Gasteiger partial charge in [0, 0.05) is 38.5 Å². The molecule has 0 saturated carbocycles. The highest BCUT2D eigenvalue weighted by Crippen LogP contribution is 2.42. The maximum absolute atomic E-state index is 13.5. The molecule has 24 heavy (non-hydrogen) atoms. The van der Waals surface area contributed by atoms with Gasteiger partial charge in [0.15, 0.2) is 11.6 Å². The van der Waals surface area contributed by atoms with Gasteiger partial charge in [-0.2, -0.15) is 0 Å². The Morgan fingerprint density at radius 3 is 2.92 bits per heavy atom. The van der Waals surface area contributed by atoms with Gasteiger partial charge < -0.3 is 14.7 Å². The van der Waals surface area contributed by atoms with E-state index in [1.807, 2.05) is 4.90 Å². The first-order chi connectivity index (χ1) is 11.5. The minimum atomic E-state index is -0.361. The van der Waals surface area contributed by atoms with E-state index in [2.05, 4.69) is 4.90 Å². The largest absolute Gasteiger partial charge is 0.494 e. The lowest BCUT2D eigenvalue weighted by atomic mass is 9.74. The number of ether oxygens (including phenoxy) is 1. The number of amides is 1. The van der Waals surface area contributed by atoms with Gasteiger partial charge in [-0.15, -0.1) is 0 Å². The molecule has 0 bridgehead atoms. The molecule has 3 rings (SSSR count). The van der Waals surface area contributed by atoms with Gasteiger partial charge in [0.1, 0.15) is 0 Å². The van der Waals surface area contributed by atoms with Crippen LogP contribution in [0.25, 0.3) is 0 Å². The zero-order valence-electron chi connectivity index (χ0n) is 14.3. The average Bonchev–Trinajstić information content (AvgIpc) is 2.96. The van der Waals surface area contributed by atoms with Crippen LogP contribution >= 0.6 is 0 Å². The van der Waals surface area contributed by atoms with Crippen LogP contribution in [0.4, 0.5) is 4.39 Å². The van der Waals surface area contributed by atoms with Crippen molar-refractivity contribution in [2.24, 2.45) is 11.3 Å². The first-order valence-electron chi connectivity index (χ1n) is 8.38. The van der Waals surface area contributed by atoms with Gasteiger partial charge in [0.05, 0.1) is 13.7 Å². The highest BCUT2D eigenvalue weighted by Gasteiger charge is 2.49. The number of aliphatic hydroxyl groups excluding tert-OH is 1. The fourth-order valence-corrected chi connectivity index (χ4v) is 4.14. The fraction of sp³-hybridized carbons (Fsp3) is 0.611. The third-order valence-corrected chi connectivity index (χ3v) is 5.53. The highest BCUT2D eigenvalue weighted by atomic mass is 19.1. The standard InChI is InChI=1S/C18H25FN2O3/c1-13(23)21-9-15-5-6-20(10-18(15,11-21)12-22)8-14-3-4-16(19)17(7-14)24-2/h3-4,7,15,22H,5-6,8-12H2,1-2H3. The molecule has 0 spiro atoms. The van der Waals surface area contributed by atoms with Crippen LogP contribution in [0.2, 0.25) is 0 Å². The molecule has 0 aliphatic carbocycles. The number of benzene rings is 1. The number of piperidine rings is 1. The second kappa shape index (κ2) is 6.69. The molecule has 1 aromatic rings. The van der Waals surface area contributed by atoms with Gasteiger partial charge in [-0.1, -0.05) is 6.07 Å². The van der Waals surface area contributed by atoms with Crippen LogP contribution in [-0.4, -0.2) is 60.7 Å². The molecule has 0 aromatic heterocycles. The van der Waals surface area contributed by atoms with Crippen LogP contribution in [0.15, 0.2) is 18.2 Å². The molecule has 1 N–H and O–H groups in total. The van der Waals surface area contributed by atoms with E-state index in [1.54, 1.807) is 19.1 Å². The monoisotopic (exact) mass is 336 g/mol. The number of fused-ring (bicyclic) bond motifs is 1. The summed E-state index contributed by atoms with van der Waals surface area (Å²) >= 11 is 0. The van der Waals surface area contributed by atoms with E-state index in [9.17, 15) is 14.3 Å². The molecule has 132 valence electrons. The molecule has 6 heteroatoms. The maximum atomic E-state index is 13.5. The van der Waals surface area contributed by atoms with E-state index < -0.39 is 0 Å². The molecule has 2 aliphatic rings. The summed E-state index contributed by atoms with van der Waals surface area (Å²) in [7, 11) is 1.46. The normalized spacial score (nSPS) is 27.2. The third-order valence-electron chi connectivity index (χ3n) is 5.53. The van der Waals surface area contributed by atoms with E-state index in [4.69, 9.17) is 4.74 Å². The molecule has 2 atom stereocenters. The third kappa shape index (κ3) is 3.13. The molecule has 2 heterocycles. The Labute approximate surface area is 142 Å². The first-order valence-corrected chi connectivity index (χ1v) is 8.38. The minimum absolute atomic E-state index is 0.0760. The Morgan fingerprint density at radius 1 is 1.46 bits per heavy atom. The lowest BCUT2D eigenvalue weighted by Crippen LogP contribution is -2.50. The summed E-state index contributed by atoms with van der Waals surface area (Å²) in [6.45, 7) is 5.39. The van der Waals surface area contributed by atoms with Gasteiger partial charge >= 0.3 is 0 Å². The Balaban J connectivity index is 1.72. The van der Waals surface area contributed by atoms with Gasteiger partial charge in [0.25, 0.3) is 0 Å². The van der Waals surface area contributed by atoms with E-state index in [0.717, 1.165) is 31.6 Å². The van der Waals surface area contributed by atoms with Gasteiger partial charge in [-0.05, 0) is 36.6 Å². The summed E-state index contributed by atoms with van der Waals surface area (Å²) in [5.74, 6) is 0.319. The Bertz CT molecular complexity index is 624. The minimum Gasteiger partial charge on any atom is -0.494 e. The number of carbonyl (C=O) groups excluding carboxylic acids is 1. The van der Waals surface area contributed by atoms with Gasteiger partial charge in [-0.3, -0.25) is 9.69 Å². The second-order valence-electron chi connectivity index (χ2n) is 7.09.